The first-order valence-corrected chi connectivity index (χ1v) is 8.30. The predicted molar refractivity (Wildman–Crippen MR) is 95.5 cm³/mol. The second-order valence-electron chi connectivity index (χ2n) is 5.92. The van der Waals surface area contributed by atoms with Crippen LogP contribution in [0, 0.1) is 0 Å². The van der Waals surface area contributed by atoms with Gasteiger partial charge in [0.1, 0.15) is 5.52 Å². The minimum Gasteiger partial charge on any atom is -0.423 e. The van der Waals surface area contributed by atoms with Crippen LogP contribution < -0.4 is 10.2 Å². The molecule has 7 heteroatoms. The smallest absolute Gasteiger partial charge is 0.321 e. The molecule has 0 aliphatic rings. The molecule has 0 atom stereocenters. The molecular formula is C17H26N4O3. The number of anilines is 2. The van der Waals surface area contributed by atoms with Crippen LogP contribution >= 0.6 is 0 Å². The summed E-state index contributed by atoms with van der Waals surface area (Å²) in [5.41, 5.74) is 2.01. The van der Waals surface area contributed by atoms with Gasteiger partial charge < -0.3 is 24.6 Å². The van der Waals surface area contributed by atoms with E-state index in [4.69, 9.17) is 9.52 Å². The number of fused-ring (bicyclic) bond motifs is 1. The third-order valence-electron chi connectivity index (χ3n) is 3.70. The average molecular weight is 334 g/mol. The van der Waals surface area contributed by atoms with Crippen LogP contribution in [0.3, 0.4) is 0 Å². The predicted octanol–water partition coefficient (Wildman–Crippen LogP) is 2.91. The van der Waals surface area contributed by atoms with Crippen molar-refractivity contribution >= 4 is 28.8 Å². The van der Waals surface area contributed by atoms with Crippen LogP contribution in [0.15, 0.2) is 22.6 Å². The molecule has 0 saturated heterocycles. The number of hydrogen-bond donors (Lipinski definition) is 2. The number of unbranched alkanes of at least 4 members (excludes halogenated alkanes) is 2. The summed E-state index contributed by atoms with van der Waals surface area (Å²) in [7, 11) is 3.72. The number of nitrogens with one attached hydrogen (secondary N) is 1. The first-order chi connectivity index (χ1) is 11.5. The lowest BCUT2D eigenvalue weighted by molar-refractivity contribution is 0.187. The highest BCUT2D eigenvalue weighted by Gasteiger charge is 2.14. The van der Waals surface area contributed by atoms with E-state index < -0.39 is 0 Å². The minimum absolute atomic E-state index is 0.0487. The quantitative estimate of drug-likeness (QED) is 0.725. The van der Waals surface area contributed by atoms with Gasteiger partial charge in [-0.05, 0) is 18.6 Å². The number of urea groups is 1. The van der Waals surface area contributed by atoms with Crippen LogP contribution in [0.4, 0.5) is 16.5 Å². The van der Waals surface area contributed by atoms with Crippen molar-refractivity contribution in [1.82, 2.24) is 9.88 Å². The summed E-state index contributed by atoms with van der Waals surface area (Å²) in [5.74, 6) is 0. The molecule has 132 valence electrons. The van der Waals surface area contributed by atoms with E-state index in [9.17, 15) is 4.79 Å². The molecule has 0 bridgehead atoms. The summed E-state index contributed by atoms with van der Waals surface area (Å²) in [6.07, 6.45) is 3.08. The molecular weight excluding hydrogens is 308 g/mol. The van der Waals surface area contributed by atoms with E-state index in [1.165, 1.54) is 0 Å². The van der Waals surface area contributed by atoms with Crippen molar-refractivity contribution in [2.75, 3.05) is 44.0 Å². The summed E-state index contributed by atoms with van der Waals surface area (Å²) >= 11 is 0. The van der Waals surface area contributed by atoms with Crippen molar-refractivity contribution < 1.29 is 14.3 Å². The van der Waals surface area contributed by atoms with E-state index >= 15 is 0 Å². The Kier molecular flexibility index (Phi) is 6.43. The Labute approximate surface area is 142 Å². The van der Waals surface area contributed by atoms with Crippen molar-refractivity contribution in [2.45, 2.75) is 26.2 Å². The zero-order valence-corrected chi connectivity index (χ0v) is 14.6. The number of carbonyl (C=O) groups excluding carboxylic acids is 1. The Bertz CT molecular complexity index is 669. The summed E-state index contributed by atoms with van der Waals surface area (Å²) in [5, 5.41) is 12.0. The van der Waals surface area contributed by atoms with Crippen molar-refractivity contribution in [2.24, 2.45) is 0 Å². The number of aliphatic hydroxyl groups is 1. The fraction of sp³-hybridized carbons (Fsp3) is 0.529. The van der Waals surface area contributed by atoms with Gasteiger partial charge in [-0.3, -0.25) is 0 Å². The maximum atomic E-state index is 12.4. The third kappa shape index (κ3) is 4.61. The third-order valence-corrected chi connectivity index (χ3v) is 3.70. The van der Waals surface area contributed by atoms with Gasteiger partial charge in [-0.25, -0.2) is 4.79 Å². The van der Waals surface area contributed by atoms with Crippen LogP contribution in [0.5, 0.6) is 0 Å². The lowest BCUT2D eigenvalue weighted by Crippen LogP contribution is -2.37. The molecule has 2 amide bonds. The zero-order valence-electron chi connectivity index (χ0n) is 14.6. The Balaban J connectivity index is 2.07. The lowest BCUT2D eigenvalue weighted by Gasteiger charge is -2.22. The molecule has 2 N–H and O–H groups in total. The molecule has 1 aromatic heterocycles. The highest BCUT2D eigenvalue weighted by molar-refractivity contribution is 5.91. The molecule has 0 aliphatic heterocycles. The number of aromatic nitrogens is 1. The molecule has 0 aliphatic carbocycles. The fourth-order valence-electron chi connectivity index (χ4n) is 2.37. The minimum atomic E-state index is -0.216. The molecule has 0 saturated carbocycles. The van der Waals surface area contributed by atoms with E-state index in [1.807, 2.05) is 20.2 Å². The molecule has 0 fully saturated rings. The van der Waals surface area contributed by atoms with E-state index in [1.54, 1.807) is 21.9 Å². The molecule has 0 unspecified atom stereocenters. The number of carbonyl (C=O) groups is 1. The number of benzene rings is 1. The van der Waals surface area contributed by atoms with Gasteiger partial charge in [-0.15, -0.1) is 0 Å². The highest BCUT2D eigenvalue weighted by atomic mass is 16.4. The average Bonchev–Trinajstić information content (AvgIpc) is 2.97. The number of oxazole rings is 1. The van der Waals surface area contributed by atoms with Crippen molar-refractivity contribution in [3.8, 4) is 0 Å². The fourth-order valence-corrected chi connectivity index (χ4v) is 2.37. The van der Waals surface area contributed by atoms with Gasteiger partial charge in [-0.1, -0.05) is 19.8 Å². The molecule has 2 rings (SSSR count). The maximum Gasteiger partial charge on any atom is 0.321 e. The summed E-state index contributed by atoms with van der Waals surface area (Å²) in [4.78, 5) is 20.2. The Morgan fingerprint density at radius 2 is 2.08 bits per heavy atom. The number of rotatable bonds is 8. The summed E-state index contributed by atoms with van der Waals surface area (Å²) in [6.45, 7) is 3.03. The van der Waals surface area contributed by atoms with E-state index in [0.717, 1.165) is 24.8 Å². The van der Waals surface area contributed by atoms with Gasteiger partial charge in [0, 0.05) is 38.9 Å². The van der Waals surface area contributed by atoms with Crippen molar-refractivity contribution in [3.63, 3.8) is 0 Å². The second-order valence-corrected chi connectivity index (χ2v) is 5.92. The van der Waals surface area contributed by atoms with Crippen LogP contribution in [0.2, 0.25) is 0 Å². The molecule has 2 aromatic rings. The molecule has 1 heterocycles. The first kappa shape index (κ1) is 18.1. The molecule has 7 nitrogen and oxygen atoms in total. The monoisotopic (exact) mass is 334 g/mol. The van der Waals surface area contributed by atoms with Gasteiger partial charge >= 0.3 is 6.03 Å². The van der Waals surface area contributed by atoms with Crippen LogP contribution in [-0.4, -0.2) is 54.8 Å². The summed E-state index contributed by atoms with van der Waals surface area (Å²) in [6, 6.07) is 5.68. The molecule has 0 radical (unpaired) electrons. The van der Waals surface area contributed by atoms with E-state index in [-0.39, 0.29) is 12.6 Å². The van der Waals surface area contributed by atoms with Gasteiger partial charge in [0.05, 0.1) is 6.61 Å². The maximum absolute atomic E-state index is 12.4. The van der Waals surface area contributed by atoms with E-state index in [0.29, 0.717) is 30.4 Å². The first-order valence-electron chi connectivity index (χ1n) is 8.30. The van der Waals surface area contributed by atoms with Crippen LogP contribution in [0.1, 0.15) is 26.2 Å². The number of nitrogens with zero attached hydrogens (tertiary/aromatic N) is 3. The topological polar surface area (TPSA) is 81.8 Å². The Morgan fingerprint density at radius 3 is 2.75 bits per heavy atom. The standard InChI is InChI=1S/C17H26N4O3/c1-4-5-6-9-21(10-11-22)16(23)18-13-7-8-14-15(12-13)24-17(19-14)20(2)3/h7-8,12,22H,4-6,9-11H2,1-3H3,(H,18,23). The zero-order chi connectivity index (χ0) is 17.5. The largest absolute Gasteiger partial charge is 0.423 e. The van der Waals surface area contributed by atoms with Crippen molar-refractivity contribution in [3.05, 3.63) is 18.2 Å². The van der Waals surface area contributed by atoms with Gasteiger partial charge in [-0.2, -0.15) is 4.98 Å². The van der Waals surface area contributed by atoms with E-state index in [2.05, 4.69) is 17.2 Å². The second kappa shape index (κ2) is 8.54. The molecule has 24 heavy (non-hydrogen) atoms. The van der Waals surface area contributed by atoms with Crippen LogP contribution in [-0.2, 0) is 0 Å². The number of amides is 2. The Morgan fingerprint density at radius 1 is 1.29 bits per heavy atom. The summed E-state index contributed by atoms with van der Waals surface area (Å²) < 4.78 is 5.65. The Hall–Kier alpha value is -2.28. The molecule has 1 aromatic carbocycles. The number of hydrogen-bond acceptors (Lipinski definition) is 5. The normalized spacial score (nSPS) is 10.8. The highest BCUT2D eigenvalue weighted by Crippen LogP contribution is 2.23. The molecule has 0 spiro atoms. The van der Waals surface area contributed by atoms with Crippen LogP contribution in [0.25, 0.3) is 11.1 Å². The van der Waals surface area contributed by atoms with Gasteiger partial charge in [0.25, 0.3) is 6.01 Å². The lowest BCUT2D eigenvalue weighted by atomic mass is 10.2. The van der Waals surface area contributed by atoms with Gasteiger partial charge in [0.15, 0.2) is 5.58 Å². The number of aliphatic hydroxyl groups excluding tert-OH is 1. The van der Waals surface area contributed by atoms with Gasteiger partial charge in [0.2, 0.25) is 0 Å². The SMILES string of the molecule is CCCCCN(CCO)C(=O)Nc1ccc2nc(N(C)C)oc2c1. The van der Waals surface area contributed by atoms with Crippen molar-refractivity contribution in [1.29, 1.82) is 0 Å².